The Bertz CT molecular complexity index is 224. The Morgan fingerprint density at radius 1 is 1.38 bits per heavy atom. The van der Waals surface area contributed by atoms with Crippen molar-refractivity contribution in [3.63, 3.8) is 0 Å². The topological polar surface area (TPSA) is 44.0 Å². The van der Waals surface area contributed by atoms with Gasteiger partial charge in [-0.05, 0) is 32.1 Å². The SMILES string of the molecule is N#CCCC1(O)CC2CCC(C1)S2. The van der Waals surface area contributed by atoms with Crippen molar-refractivity contribution in [1.29, 1.82) is 5.26 Å². The highest BCUT2D eigenvalue weighted by molar-refractivity contribution is 8.00. The Kier molecular flexibility index (Phi) is 2.53. The predicted octanol–water partition coefficient (Wildman–Crippen LogP) is 2.08. The summed E-state index contributed by atoms with van der Waals surface area (Å²) < 4.78 is 0. The van der Waals surface area contributed by atoms with Crippen LogP contribution in [0.15, 0.2) is 0 Å². The third-order valence-corrected chi connectivity index (χ3v) is 4.69. The largest absolute Gasteiger partial charge is 0.390 e. The van der Waals surface area contributed by atoms with Crippen LogP contribution >= 0.6 is 11.8 Å². The summed E-state index contributed by atoms with van der Waals surface area (Å²) in [6.07, 6.45) is 5.54. The van der Waals surface area contributed by atoms with Gasteiger partial charge in [0.05, 0.1) is 11.7 Å². The first-order valence-corrected chi connectivity index (χ1v) is 5.91. The van der Waals surface area contributed by atoms with Crippen molar-refractivity contribution in [3.05, 3.63) is 0 Å². The van der Waals surface area contributed by atoms with Gasteiger partial charge >= 0.3 is 0 Å². The molecule has 2 atom stereocenters. The molecule has 0 saturated carbocycles. The van der Waals surface area contributed by atoms with Crippen molar-refractivity contribution in [2.75, 3.05) is 0 Å². The summed E-state index contributed by atoms with van der Waals surface area (Å²) in [4.78, 5) is 0. The zero-order chi connectivity index (χ0) is 9.31. The molecular weight excluding hydrogens is 182 g/mol. The highest BCUT2D eigenvalue weighted by Crippen LogP contribution is 2.48. The van der Waals surface area contributed by atoms with E-state index in [1.54, 1.807) is 0 Å². The molecule has 2 rings (SSSR count). The lowest BCUT2D eigenvalue weighted by atomic mass is 9.89. The Morgan fingerprint density at radius 3 is 2.54 bits per heavy atom. The van der Waals surface area contributed by atoms with Crippen molar-refractivity contribution in [2.45, 2.75) is 54.6 Å². The molecule has 2 unspecified atom stereocenters. The van der Waals surface area contributed by atoms with Crippen LogP contribution in [-0.4, -0.2) is 21.2 Å². The fraction of sp³-hybridized carbons (Fsp3) is 0.900. The average molecular weight is 197 g/mol. The maximum Gasteiger partial charge on any atom is 0.0678 e. The van der Waals surface area contributed by atoms with Gasteiger partial charge in [0.25, 0.3) is 0 Å². The lowest BCUT2D eigenvalue weighted by Gasteiger charge is -2.35. The van der Waals surface area contributed by atoms with Crippen molar-refractivity contribution < 1.29 is 5.11 Å². The maximum atomic E-state index is 10.2. The monoisotopic (exact) mass is 197 g/mol. The Balaban J connectivity index is 1.96. The van der Waals surface area contributed by atoms with Gasteiger partial charge in [-0.2, -0.15) is 17.0 Å². The summed E-state index contributed by atoms with van der Waals surface area (Å²) in [5.41, 5.74) is -0.507. The molecule has 2 nitrogen and oxygen atoms in total. The molecule has 0 aliphatic carbocycles. The molecule has 2 aliphatic rings. The van der Waals surface area contributed by atoms with E-state index in [4.69, 9.17) is 5.26 Å². The van der Waals surface area contributed by atoms with Gasteiger partial charge in [0.2, 0.25) is 0 Å². The number of nitrogens with zero attached hydrogens (tertiary/aromatic N) is 1. The van der Waals surface area contributed by atoms with E-state index in [0.717, 1.165) is 12.8 Å². The second-order valence-electron chi connectivity index (χ2n) is 4.25. The summed E-state index contributed by atoms with van der Waals surface area (Å²) in [5, 5.41) is 20.0. The van der Waals surface area contributed by atoms with Crippen LogP contribution < -0.4 is 0 Å². The summed E-state index contributed by atoms with van der Waals surface area (Å²) in [6, 6.07) is 2.12. The van der Waals surface area contributed by atoms with Crippen LogP contribution in [0.5, 0.6) is 0 Å². The fourth-order valence-electron chi connectivity index (χ4n) is 2.50. The van der Waals surface area contributed by atoms with Gasteiger partial charge in [-0.1, -0.05) is 0 Å². The van der Waals surface area contributed by atoms with Crippen LogP contribution in [0.1, 0.15) is 38.5 Å². The minimum Gasteiger partial charge on any atom is -0.390 e. The third kappa shape index (κ3) is 2.00. The van der Waals surface area contributed by atoms with Gasteiger partial charge in [0.15, 0.2) is 0 Å². The lowest BCUT2D eigenvalue weighted by molar-refractivity contribution is 0.0167. The average Bonchev–Trinajstić information content (AvgIpc) is 2.43. The standard InChI is InChI=1S/C10H15NOS/c11-5-1-4-10(12)6-8-2-3-9(7-10)13-8/h8-9,12H,1-4,6-7H2. The first-order valence-electron chi connectivity index (χ1n) is 4.97. The molecule has 0 aromatic carbocycles. The number of hydrogen-bond donors (Lipinski definition) is 1. The third-order valence-electron chi connectivity index (χ3n) is 3.11. The van der Waals surface area contributed by atoms with Crippen LogP contribution in [-0.2, 0) is 0 Å². The maximum absolute atomic E-state index is 10.2. The molecule has 2 bridgehead atoms. The second-order valence-corrected chi connectivity index (χ2v) is 5.85. The number of nitriles is 1. The van der Waals surface area contributed by atoms with Crippen LogP contribution in [0.4, 0.5) is 0 Å². The van der Waals surface area contributed by atoms with Crippen LogP contribution in [0.25, 0.3) is 0 Å². The molecule has 0 spiro atoms. The van der Waals surface area contributed by atoms with E-state index in [0.29, 0.717) is 23.3 Å². The second kappa shape index (κ2) is 3.51. The van der Waals surface area contributed by atoms with Crippen molar-refractivity contribution >= 4 is 11.8 Å². The van der Waals surface area contributed by atoms with Gasteiger partial charge in [0, 0.05) is 16.9 Å². The molecule has 2 heterocycles. The Morgan fingerprint density at radius 2 is 2.00 bits per heavy atom. The highest BCUT2D eigenvalue weighted by Gasteiger charge is 2.42. The van der Waals surface area contributed by atoms with Gasteiger partial charge < -0.3 is 5.11 Å². The molecule has 0 amide bonds. The smallest absolute Gasteiger partial charge is 0.0678 e. The molecule has 13 heavy (non-hydrogen) atoms. The Hall–Kier alpha value is -0.200. The molecule has 0 radical (unpaired) electrons. The lowest BCUT2D eigenvalue weighted by Crippen LogP contribution is -2.36. The molecule has 0 aromatic rings. The van der Waals surface area contributed by atoms with Crippen molar-refractivity contribution in [1.82, 2.24) is 0 Å². The predicted molar refractivity (Wildman–Crippen MR) is 53.4 cm³/mol. The minimum atomic E-state index is -0.507. The van der Waals surface area contributed by atoms with Gasteiger partial charge in [-0.3, -0.25) is 0 Å². The van der Waals surface area contributed by atoms with E-state index in [-0.39, 0.29) is 0 Å². The number of rotatable bonds is 2. The number of thioether (sulfide) groups is 1. The summed E-state index contributed by atoms with van der Waals surface area (Å²) in [6.45, 7) is 0. The normalized spacial score (nSPS) is 43.1. The zero-order valence-corrected chi connectivity index (χ0v) is 8.52. The molecule has 72 valence electrons. The van der Waals surface area contributed by atoms with E-state index < -0.39 is 5.60 Å². The van der Waals surface area contributed by atoms with E-state index in [9.17, 15) is 5.11 Å². The number of aliphatic hydroxyl groups is 1. The van der Waals surface area contributed by atoms with Crippen LogP contribution in [0, 0.1) is 11.3 Å². The molecule has 2 fully saturated rings. The van der Waals surface area contributed by atoms with E-state index in [2.05, 4.69) is 6.07 Å². The number of hydrogen-bond acceptors (Lipinski definition) is 3. The molecular formula is C10H15NOS. The summed E-state index contributed by atoms with van der Waals surface area (Å²) >= 11 is 2.05. The first-order chi connectivity index (χ1) is 6.22. The minimum absolute atomic E-state index is 0.501. The van der Waals surface area contributed by atoms with E-state index in [1.807, 2.05) is 11.8 Å². The summed E-state index contributed by atoms with van der Waals surface area (Å²) in [5.74, 6) is 0. The molecule has 0 aromatic heterocycles. The van der Waals surface area contributed by atoms with Crippen molar-refractivity contribution in [3.8, 4) is 6.07 Å². The fourth-order valence-corrected chi connectivity index (χ4v) is 4.41. The first kappa shape index (κ1) is 9.36. The molecule has 2 saturated heterocycles. The number of fused-ring (bicyclic) bond motifs is 2. The molecule has 3 heteroatoms. The Labute approximate surface area is 83.3 Å². The van der Waals surface area contributed by atoms with Crippen molar-refractivity contribution in [2.24, 2.45) is 0 Å². The van der Waals surface area contributed by atoms with Gasteiger partial charge in [-0.25, -0.2) is 0 Å². The molecule has 1 N–H and O–H groups in total. The zero-order valence-electron chi connectivity index (χ0n) is 7.70. The van der Waals surface area contributed by atoms with Crippen LogP contribution in [0.3, 0.4) is 0 Å². The molecule has 2 aliphatic heterocycles. The highest BCUT2D eigenvalue weighted by atomic mass is 32.2. The summed E-state index contributed by atoms with van der Waals surface area (Å²) in [7, 11) is 0. The quantitative estimate of drug-likeness (QED) is 0.737. The van der Waals surface area contributed by atoms with Gasteiger partial charge in [0.1, 0.15) is 0 Å². The van der Waals surface area contributed by atoms with E-state index in [1.165, 1.54) is 12.8 Å². The van der Waals surface area contributed by atoms with E-state index >= 15 is 0 Å². The van der Waals surface area contributed by atoms with Crippen LogP contribution in [0.2, 0.25) is 0 Å². The van der Waals surface area contributed by atoms with Gasteiger partial charge in [-0.15, -0.1) is 0 Å².